The lowest BCUT2D eigenvalue weighted by Crippen LogP contribution is -2.12. The molecule has 23 heavy (non-hydrogen) atoms. The molecule has 1 aromatic heterocycles. The summed E-state index contributed by atoms with van der Waals surface area (Å²) in [5.41, 5.74) is -0.0145. The van der Waals surface area contributed by atoms with Crippen LogP contribution in [0, 0.1) is 11.6 Å². The number of fused-ring (bicyclic) bond motifs is 1. The van der Waals surface area contributed by atoms with Gasteiger partial charge in [0.2, 0.25) is 0 Å². The number of hydrogen-bond donors (Lipinski definition) is 1. The first-order chi connectivity index (χ1) is 11.0. The number of ether oxygens (including phenoxy) is 1. The minimum Gasteiger partial charge on any atom is -0.494 e. The van der Waals surface area contributed by atoms with Crippen LogP contribution in [0.15, 0.2) is 36.4 Å². The maximum absolute atomic E-state index is 14.0. The molecule has 0 saturated heterocycles. The molecule has 0 aliphatic carbocycles. The highest BCUT2D eigenvalue weighted by Gasteiger charge is 2.22. The topological polar surface area (TPSA) is 38.3 Å². The molecule has 3 aromatic rings. The van der Waals surface area contributed by atoms with Crippen LogP contribution in [0.4, 0.5) is 14.5 Å². The van der Waals surface area contributed by atoms with Crippen molar-refractivity contribution in [3.05, 3.63) is 57.9 Å². The van der Waals surface area contributed by atoms with Gasteiger partial charge in [-0.05, 0) is 30.3 Å². The largest absolute Gasteiger partial charge is 0.494 e. The minimum absolute atomic E-state index is 0.0145. The zero-order valence-electron chi connectivity index (χ0n) is 11.8. The van der Waals surface area contributed by atoms with Gasteiger partial charge in [-0.25, -0.2) is 8.78 Å². The zero-order valence-corrected chi connectivity index (χ0v) is 13.4. The van der Waals surface area contributed by atoms with Gasteiger partial charge in [0.05, 0.1) is 18.2 Å². The third kappa shape index (κ3) is 2.87. The number of methoxy groups -OCH3 is 1. The minimum atomic E-state index is -0.655. The van der Waals surface area contributed by atoms with E-state index in [1.165, 1.54) is 25.3 Å². The first-order valence-electron chi connectivity index (χ1n) is 6.52. The number of benzene rings is 2. The molecular formula is C16H10ClF2NO2S. The first kappa shape index (κ1) is 15.7. The van der Waals surface area contributed by atoms with Gasteiger partial charge in [0.1, 0.15) is 16.5 Å². The van der Waals surface area contributed by atoms with Crippen LogP contribution in [0.1, 0.15) is 9.67 Å². The molecule has 3 nitrogen and oxygen atoms in total. The van der Waals surface area contributed by atoms with Gasteiger partial charge in [-0.1, -0.05) is 17.7 Å². The number of thiophene rings is 1. The first-order valence-corrected chi connectivity index (χ1v) is 7.72. The molecule has 0 aliphatic heterocycles. The average molecular weight is 354 g/mol. The van der Waals surface area contributed by atoms with E-state index in [-0.39, 0.29) is 26.7 Å². The average Bonchev–Trinajstić information content (AvgIpc) is 2.90. The number of amides is 1. The maximum atomic E-state index is 14.0. The Labute approximate surface area is 139 Å². The third-order valence-corrected chi connectivity index (χ3v) is 4.58. The molecule has 1 N–H and O–H groups in total. The number of carbonyl (C=O) groups is 1. The second kappa shape index (κ2) is 6.14. The molecule has 0 unspecified atom stereocenters. The molecule has 0 atom stereocenters. The molecule has 1 heterocycles. The van der Waals surface area contributed by atoms with Crippen molar-refractivity contribution in [1.29, 1.82) is 0 Å². The van der Waals surface area contributed by atoms with Crippen molar-refractivity contribution in [3.63, 3.8) is 0 Å². The molecule has 118 valence electrons. The molecular weight excluding hydrogens is 344 g/mol. The summed E-state index contributed by atoms with van der Waals surface area (Å²) in [5.74, 6) is -1.58. The summed E-state index contributed by atoms with van der Waals surface area (Å²) in [5, 5.41) is 2.91. The lowest BCUT2D eigenvalue weighted by Gasteiger charge is -2.07. The number of anilines is 1. The van der Waals surface area contributed by atoms with Crippen LogP contribution in [0.2, 0.25) is 5.02 Å². The Morgan fingerprint density at radius 2 is 2.00 bits per heavy atom. The normalized spacial score (nSPS) is 10.8. The van der Waals surface area contributed by atoms with Gasteiger partial charge in [0, 0.05) is 9.72 Å². The Morgan fingerprint density at radius 3 is 2.70 bits per heavy atom. The summed E-state index contributed by atoms with van der Waals surface area (Å²) in [6.45, 7) is 0. The van der Waals surface area contributed by atoms with Crippen molar-refractivity contribution in [1.82, 2.24) is 0 Å². The van der Waals surface area contributed by atoms with E-state index in [4.69, 9.17) is 16.3 Å². The fraction of sp³-hybridized carbons (Fsp3) is 0.0625. The lowest BCUT2D eigenvalue weighted by atomic mass is 10.2. The van der Waals surface area contributed by atoms with Crippen molar-refractivity contribution in [2.24, 2.45) is 0 Å². The Kier molecular flexibility index (Phi) is 4.19. The van der Waals surface area contributed by atoms with Gasteiger partial charge in [0.25, 0.3) is 5.91 Å². The van der Waals surface area contributed by atoms with E-state index in [0.717, 1.165) is 17.4 Å². The summed E-state index contributed by atoms with van der Waals surface area (Å²) >= 11 is 6.75. The molecule has 0 saturated carbocycles. The molecule has 0 aliphatic rings. The van der Waals surface area contributed by atoms with Gasteiger partial charge in [0.15, 0.2) is 5.75 Å². The van der Waals surface area contributed by atoms with E-state index >= 15 is 0 Å². The highest BCUT2D eigenvalue weighted by molar-refractivity contribution is 7.21. The molecule has 7 heteroatoms. The van der Waals surface area contributed by atoms with Crippen LogP contribution < -0.4 is 10.1 Å². The standard InChI is InChI=1S/C16H10ClF2NO2S/c1-22-14-13-9(18)3-2-4-12(13)23-15(14)16(21)20-11-6-5-8(17)7-10(11)19/h2-7H,1H3,(H,20,21). The van der Waals surface area contributed by atoms with Crippen LogP contribution >= 0.6 is 22.9 Å². The van der Waals surface area contributed by atoms with Gasteiger partial charge < -0.3 is 10.1 Å². The quantitative estimate of drug-likeness (QED) is 0.712. The number of nitrogens with one attached hydrogen (secondary N) is 1. The molecule has 2 aromatic carbocycles. The summed E-state index contributed by atoms with van der Waals surface area (Å²) in [6, 6.07) is 8.44. The molecule has 0 radical (unpaired) electrons. The number of halogens is 3. The Balaban J connectivity index is 2.02. The molecule has 0 spiro atoms. The second-order valence-corrected chi connectivity index (χ2v) is 6.14. The smallest absolute Gasteiger partial charge is 0.269 e. The van der Waals surface area contributed by atoms with E-state index < -0.39 is 17.5 Å². The molecule has 0 fully saturated rings. The lowest BCUT2D eigenvalue weighted by molar-refractivity contribution is 0.102. The van der Waals surface area contributed by atoms with Gasteiger partial charge in [-0.15, -0.1) is 11.3 Å². The number of carbonyl (C=O) groups excluding carboxylic acids is 1. The van der Waals surface area contributed by atoms with E-state index in [9.17, 15) is 13.6 Å². The van der Waals surface area contributed by atoms with Crippen molar-refractivity contribution in [2.45, 2.75) is 0 Å². The second-order valence-electron chi connectivity index (χ2n) is 4.66. The summed E-state index contributed by atoms with van der Waals surface area (Å²) in [6.07, 6.45) is 0. The summed E-state index contributed by atoms with van der Waals surface area (Å²) < 4.78 is 33.5. The highest BCUT2D eigenvalue weighted by atomic mass is 35.5. The van der Waals surface area contributed by atoms with E-state index in [2.05, 4.69) is 5.32 Å². The van der Waals surface area contributed by atoms with Crippen LogP contribution in [0.5, 0.6) is 5.75 Å². The van der Waals surface area contributed by atoms with Crippen LogP contribution in [-0.4, -0.2) is 13.0 Å². The van der Waals surface area contributed by atoms with E-state index in [0.29, 0.717) is 4.70 Å². The Morgan fingerprint density at radius 1 is 1.22 bits per heavy atom. The van der Waals surface area contributed by atoms with Crippen molar-refractivity contribution in [3.8, 4) is 5.75 Å². The van der Waals surface area contributed by atoms with Crippen LogP contribution in [0.3, 0.4) is 0 Å². The zero-order chi connectivity index (χ0) is 16.6. The Bertz CT molecular complexity index is 910. The molecule has 1 amide bonds. The van der Waals surface area contributed by atoms with Crippen LogP contribution in [0.25, 0.3) is 10.1 Å². The maximum Gasteiger partial charge on any atom is 0.269 e. The number of hydrogen-bond acceptors (Lipinski definition) is 3. The van der Waals surface area contributed by atoms with Crippen molar-refractivity contribution < 1.29 is 18.3 Å². The summed E-state index contributed by atoms with van der Waals surface area (Å²) in [4.78, 5) is 12.6. The van der Waals surface area contributed by atoms with Gasteiger partial charge >= 0.3 is 0 Å². The van der Waals surface area contributed by atoms with E-state index in [1.807, 2.05) is 0 Å². The summed E-state index contributed by atoms with van der Waals surface area (Å²) in [7, 11) is 1.35. The predicted molar refractivity (Wildman–Crippen MR) is 87.7 cm³/mol. The fourth-order valence-corrected chi connectivity index (χ4v) is 3.43. The van der Waals surface area contributed by atoms with E-state index in [1.54, 1.807) is 12.1 Å². The van der Waals surface area contributed by atoms with Crippen LogP contribution in [-0.2, 0) is 0 Å². The molecule has 0 bridgehead atoms. The molecule has 3 rings (SSSR count). The Hall–Kier alpha value is -2.18. The SMILES string of the molecule is COc1c(C(=O)Nc2ccc(Cl)cc2F)sc2cccc(F)c12. The highest BCUT2D eigenvalue weighted by Crippen LogP contribution is 2.39. The number of rotatable bonds is 3. The van der Waals surface area contributed by atoms with Gasteiger partial charge in [-0.3, -0.25) is 4.79 Å². The van der Waals surface area contributed by atoms with Gasteiger partial charge in [-0.2, -0.15) is 0 Å². The monoisotopic (exact) mass is 353 g/mol. The van der Waals surface area contributed by atoms with Crippen molar-refractivity contribution in [2.75, 3.05) is 12.4 Å². The predicted octanol–water partition coefficient (Wildman–Crippen LogP) is 5.09. The fourth-order valence-electron chi connectivity index (χ4n) is 2.19. The van der Waals surface area contributed by atoms with Crippen molar-refractivity contribution >= 4 is 44.6 Å². The third-order valence-electron chi connectivity index (χ3n) is 3.21.